The van der Waals surface area contributed by atoms with Crippen LogP contribution in [0.2, 0.25) is 0 Å². The maximum absolute atomic E-state index is 11.7. The van der Waals surface area contributed by atoms with Crippen molar-refractivity contribution in [2.24, 2.45) is 0 Å². The fraction of sp³-hybridized carbons (Fsp3) is 0.500. The first-order valence-corrected chi connectivity index (χ1v) is 6.19. The minimum absolute atomic E-state index is 0.378. The number of aliphatic carboxylic acids is 1. The molecular formula is C14H18O4. The summed E-state index contributed by atoms with van der Waals surface area (Å²) in [6.07, 6.45) is 2.23. The summed E-state index contributed by atoms with van der Waals surface area (Å²) < 4.78 is 10.8. The predicted octanol–water partition coefficient (Wildman–Crippen LogP) is 2.35. The summed E-state index contributed by atoms with van der Waals surface area (Å²) in [4.78, 5) is 11.7. The highest BCUT2D eigenvalue weighted by Crippen LogP contribution is 2.40. The van der Waals surface area contributed by atoms with Gasteiger partial charge in [-0.15, -0.1) is 0 Å². The summed E-state index contributed by atoms with van der Waals surface area (Å²) in [5.74, 6) is -0.250. The van der Waals surface area contributed by atoms with Gasteiger partial charge in [-0.05, 0) is 43.9 Å². The Kier molecular flexibility index (Phi) is 3.57. The summed E-state index contributed by atoms with van der Waals surface area (Å²) in [6, 6.07) is 5.59. The van der Waals surface area contributed by atoms with Crippen molar-refractivity contribution < 1.29 is 19.4 Å². The molecule has 0 saturated heterocycles. The summed E-state index contributed by atoms with van der Waals surface area (Å²) in [7, 11) is 1.58. The second kappa shape index (κ2) is 4.98. The number of methoxy groups -OCH3 is 1. The highest BCUT2D eigenvalue weighted by molar-refractivity contribution is 5.80. The molecular weight excluding hydrogens is 232 g/mol. The Balaban J connectivity index is 2.55. The third-order valence-corrected chi connectivity index (χ3v) is 3.46. The Bertz CT molecular complexity index is 455. The van der Waals surface area contributed by atoms with Crippen LogP contribution in [0.4, 0.5) is 0 Å². The predicted molar refractivity (Wildman–Crippen MR) is 66.9 cm³/mol. The molecule has 4 nitrogen and oxygen atoms in total. The first-order chi connectivity index (χ1) is 8.64. The monoisotopic (exact) mass is 250 g/mol. The normalized spacial score (nSPS) is 22.3. The summed E-state index contributed by atoms with van der Waals surface area (Å²) >= 11 is 0. The molecule has 1 unspecified atom stereocenters. The van der Waals surface area contributed by atoms with Gasteiger partial charge in [-0.1, -0.05) is 6.07 Å². The standard InChI is InChI=1S/C14H18O4/c1-3-18-14(13(15)16)8-4-5-10-6-7-11(17-2)9-12(10)14/h6-7,9H,3-5,8H2,1-2H3,(H,15,16). The lowest BCUT2D eigenvalue weighted by molar-refractivity contribution is -0.169. The van der Waals surface area contributed by atoms with Gasteiger partial charge >= 0.3 is 5.97 Å². The highest BCUT2D eigenvalue weighted by atomic mass is 16.5. The number of hydrogen-bond acceptors (Lipinski definition) is 3. The summed E-state index contributed by atoms with van der Waals surface area (Å²) in [5.41, 5.74) is 0.567. The maximum atomic E-state index is 11.7. The van der Waals surface area contributed by atoms with E-state index in [4.69, 9.17) is 9.47 Å². The van der Waals surface area contributed by atoms with Gasteiger partial charge in [0.2, 0.25) is 0 Å². The topological polar surface area (TPSA) is 55.8 Å². The average molecular weight is 250 g/mol. The van der Waals surface area contributed by atoms with Crippen LogP contribution >= 0.6 is 0 Å². The van der Waals surface area contributed by atoms with Crippen LogP contribution < -0.4 is 4.74 Å². The zero-order valence-corrected chi connectivity index (χ0v) is 10.7. The molecule has 0 spiro atoms. The molecule has 1 N–H and O–H groups in total. The van der Waals surface area contributed by atoms with Crippen LogP contribution in [0.3, 0.4) is 0 Å². The molecule has 0 radical (unpaired) electrons. The van der Waals surface area contributed by atoms with Crippen LogP contribution in [0.25, 0.3) is 0 Å². The number of rotatable bonds is 4. The largest absolute Gasteiger partial charge is 0.497 e. The molecule has 98 valence electrons. The Morgan fingerprint density at radius 2 is 2.28 bits per heavy atom. The van der Waals surface area contributed by atoms with Gasteiger partial charge in [-0.2, -0.15) is 0 Å². The van der Waals surface area contributed by atoms with E-state index in [1.807, 2.05) is 19.1 Å². The van der Waals surface area contributed by atoms with E-state index in [-0.39, 0.29) is 0 Å². The molecule has 1 aromatic rings. The van der Waals surface area contributed by atoms with E-state index >= 15 is 0 Å². The Hall–Kier alpha value is -1.55. The second-order valence-corrected chi connectivity index (χ2v) is 4.44. The molecule has 0 amide bonds. The van der Waals surface area contributed by atoms with Gasteiger partial charge in [0.15, 0.2) is 5.60 Å². The van der Waals surface area contributed by atoms with Crippen molar-refractivity contribution >= 4 is 5.97 Å². The fourth-order valence-electron chi connectivity index (χ4n) is 2.62. The van der Waals surface area contributed by atoms with E-state index in [2.05, 4.69) is 0 Å². The zero-order chi connectivity index (χ0) is 13.2. The van der Waals surface area contributed by atoms with E-state index in [9.17, 15) is 9.90 Å². The first-order valence-electron chi connectivity index (χ1n) is 6.19. The molecule has 0 heterocycles. The molecule has 1 aromatic carbocycles. The molecule has 4 heteroatoms. The number of ether oxygens (including phenoxy) is 2. The molecule has 0 aromatic heterocycles. The summed E-state index contributed by atoms with van der Waals surface area (Å²) in [5, 5.41) is 9.56. The van der Waals surface area contributed by atoms with Gasteiger partial charge < -0.3 is 14.6 Å². The van der Waals surface area contributed by atoms with Gasteiger partial charge in [-0.3, -0.25) is 0 Å². The van der Waals surface area contributed by atoms with E-state index in [1.165, 1.54) is 0 Å². The number of hydrogen-bond donors (Lipinski definition) is 1. The number of fused-ring (bicyclic) bond motifs is 1. The lowest BCUT2D eigenvalue weighted by Gasteiger charge is -2.35. The molecule has 0 bridgehead atoms. The van der Waals surface area contributed by atoms with E-state index in [1.54, 1.807) is 13.2 Å². The van der Waals surface area contributed by atoms with Crippen molar-refractivity contribution in [1.82, 2.24) is 0 Å². The minimum atomic E-state index is -1.21. The fourth-order valence-corrected chi connectivity index (χ4v) is 2.62. The average Bonchev–Trinajstić information content (AvgIpc) is 2.38. The molecule has 1 atom stereocenters. The van der Waals surface area contributed by atoms with Crippen LogP contribution in [0.15, 0.2) is 18.2 Å². The lowest BCUT2D eigenvalue weighted by Crippen LogP contribution is -2.41. The Morgan fingerprint density at radius 1 is 1.50 bits per heavy atom. The Morgan fingerprint density at radius 3 is 2.89 bits per heavy atom. The van der Waals surface area contributed by atoms with Gasteiger partial charge in [-0.25, -0.2) is 4.79 Å². The highest BCUT2D eigenvalue weighted by Gasteiger charge is 2.44. The van der Waals surface area contributed by atoms with E-state index < -0.39 is 11.6 Å². The van der Waals surface area contributed by atoms with Crippen molar-refractivity contribution in [3.63, 3.8) is 0 Å². The van der Waals surface area contributed by atoms with Gasteiger partial charge in [0.1, 0.15) is 5.75 Å². The smallest absolute Gasteiger partial charge is 0.340 e. The van der Waals surface area contributed by atoms with Crippen molar-refractivity contribution in [3.05, 3.63) is 29.3 Å². The minimum Gasteiger partial charge on any atom is -0.497 e. The number of benzene rings is 1. The van der Waals surface area contributed by atoms with Gasteiger partial charge in [0.05, 0.1) is 7.11 Å². The number of carboxylic acids is 1. The van der Waals surface area contributed by atoms with Gasteiger partial charge in [0, 0.05) is 12.2 Å². The molecule has 1 aliphatic carbocycles. The third kappa shape index (κ3) is 1.97. The molecule has 0 aliphatic heterocycles. The quantitative estimate of drug-likeness (QED) is 0.891. The van der Waals surface area contributed by atoms with Crippen LogP contribution in [-0.4, -0.2) is 24.8 Å². The van der Waals surface area contributed by atoms with Crippen LogP contribution in [0, 0.1) is 0 Å². The second-order valence-electron chi connectivity index (χ2n) is 4.44. The third-order valence-electron chi connectivity index (χ3n) is 3.46. The van der Waals surface area contributed by atoms with Crippen LogP contribution in [0.5, 0.6) is 5.75 Å². The molecule has 1 aliphatic rings. The van der Waals surface area contributed by atoms with Crippen molar-refractivity contribution in [2.75, 3.05) is 13.7 Å². The van der Waals surface area contributed by atoms with E-state index in [0.717, 1.165) is 24.0 Å². The molecule has 0 saturated carbocycles. The molecule has 18 heavy (non-hydrogen) atoms. The molecule has 2 rings (SSSR count). The van der Waals surface area contributed by atoms with Crippen LogP contribution in [0.1, 0.15) is 30.9 Å². The van der Waals surface area contributed by atoms with E-state index in [0.29, 0.717) is 18.8 Å². The maximum Gasteiger partial charge on any atom is 0.340 e. The van der Waals surface area contributed by atoms with Crippen molar-refractivity contribution in [2.45, 2.75) is 31.8 Å². The number of aryl methyl sites for hydroxylation is 1. The van der Waals surface area contributed by atoms with Crippen LogP contribution in [-0.2, 0) is 21.6 Å². The first kappa shape index (κ1) is 12.9. The SMILES string of the molecule is CCOC1(C(=O)O)CCCc2ccc(OC)cc21. The molecule has 0 fully saturated rings. The zero-order valence-electron chi connectivity index (χ0n) is 10.7. The number of carboxylic acid groups (broad SMARTS) is 1. The Labute approximate surface area is 107 Å². The summed E-state index contributed by atoms with van der Waals surface area (Å²) in [6.45, 7) is 2.20. The van der Waals surface area contributed by atoms with Gasteiger partial charge in [0.25, 0.3) is 0 Å². The number of carbonyl (C=O) groups is 1. The lowest BCUT2D eigenvalue weighted by atomic mass is 9.78. The van der Waals surface area contributed by atoms with Crippen molar-refractivity contribution in [3.8, 4) is 5.75 Å². The van der Waals surface area contributed by atoms with Crippen molar-refractivity contribution in [1.29, 1.82) is 0 Å².